The van der Waals surface area contributed by atoms with Gasteiger partial charge in [-0.1, -0.05) is 11.2 Å². The number of carbonyl (C=O) groups excluding carboxylic acids is 1. The van der Waals surface area contributed by atoms with E-state index in [1.165, 1.54) is 19.6 Å². The second-order valence-corrected chi connectivity index (χ2v) is 12.2. The molecule has 3 aromatic rings. The van der Waals surface area contributed by atoms with Gasteiger partial charge in [0.2, 0.25) is 15.9 Å². The van der Waals surface area contributed by atoms with Crippen LogP contribution in [0.1, 0.15) is 45.7 Å². The molecule has 1 fully saturated rings. The van der Waals surface area contributed by atoms with Crippen LogP contribution in [0.3, 0.4) is 0 Å². The summed E-state index contributed by atoms with van der Waals surface area (Å²) in [5, 5.41) is 7.95. The molecule has 7 nitrogen and oxygen atoms in total. The first-order valence-corrected chi connectivity index (χ1v) is 13.9. The minimum Gasteiger partial charge on any atom is -0.360 e. The number of sulfonamides is 1. The number of thiophene rings is 2. The lowest BCUT2D eigenvalue weighted by molar-refractivity contribution is -0.138. The van der Waals surface area contributed by atoms with Gasteiger partial charge in [0.05, 0.1) is 6.04 Å². The predicted octanol–water partition coefficient (Wildman–Crippen LogP) is 3.99. The molecule has 0 saturated carbocycles. The van der Waals surface area contributed by atoms with Crippen LogP contribution in [0.5, 0.6) is 0 Å². The number of amides is 1. The van der Waals surface area contributed by atoms with Crippen molar-refractivity contribution < 1.29 is 17.7 Å². The summed E-state index contributed by atoms with van der Waals surface area (Å²) in [5.74, 6) is 0.266. The monoisotopic (exact) mass is 491 g/mol. The fourth-order valence-corrected chi connectivity index (χ4v) is 8.38. The van der Waals surface area contributed by atoms with Crippen molar-refractivity contribution >= 4 is 38.6 Å². The Kier molecular flexibility index (Phi) is 5.73. The van der Waals surface area contributed by atoms with Crippen LogP contribution < -0.4 is 0 Å². The van der Waals surface area contributed by atoms with Crippen LogP contribution in [-0.2, 0) is 21.2 Å². The summed E-state index contributed by atoms with van der Waals surface area (Å²) in [5.41, 5.74) is 1.61. The van der Waals surface area contributed by atoms with Crippen molar-refractivity contribution in [2.75, 3.05) is 19.6 Å². The molecular formula is C22H25N3O4S3. The Balaban J connectivity index is 1.33. The number of aryl methyl sites for hydroxylation is 2. The molecule has 170 valence electrons. The Bertz CT molecular complexity index is 1200. The van der Waals surface area contributed by atoms with E-state index < -0.39 is 10.0 Å². The number of piperidine rings is 1. The fraction of sp³-hybridized carbons (Fsp3) is 0.455. The molecule has 0 bridgehead atoms. The molecule has 0 radical (unpaired) electrons. The summed E-state index contributed by atoms with van der Waals surface area (Å²) in [6.07, 6.45) is 1.91. The van der Waals surface area contributed by atoms with Crippen molar-refractivity contribution in [3.05, 3.63) is 55.7 Å². The van der Waals surface area contributed by atoms with E-state index in [4.69, 9.17) is 4.52 Å². The molecule has 0 spiro atoms. The molecule has 2 aliphatic rings. The lowest BCUT2D eigenvalue weighted by Gasteiger charge is -2.39. The summed E-state index contributed by atoms with van der Waals surface area (Å²) in [7, 11) is -3.68. The van der Waals surface area contributed by atoms with Crippen molar-refractivity contribution in [1.82, 2.24) is 14.4 Å². The Labute approximate surface area is 195 Å². The summed E-state index contributed by atoms with van der Waals surface area (Å²) >= 11 is 3.44. The molecule has 0 aliphatic carbocycles. The quantitative estimate of drug-likeness (QED) is 0.551. The van der Waals surface area contributed by atoms with Gasteiger partial charge in [-0.3, -0.25) is 4.79 Å². The van der Waals surface area contributed by atoms with Gasteiger partial charge in [0, 0.05) is 35.3 Å². The fourth-order valence-electron chi connectivity index (χ4n) is 4.86. The van der Waals surface area contributed by atoms with Crippen LogP contribution in [0.15, 0.2) is 38.4 Å². The van der Waals surface area contributed by atoms with Crippen molar-refractivity contribution in [3.63, 3.8) is 0 Å². The molecule has 0 unspecified atom stereocenters. The summed E-state index contributed by atoms with van der Waals surface area (Å²) in [4.78, 5) is 18.3. The summed E-state index contributed by atoms with van der Waals surface area (Å²) in [6, 6.07) is 6.23. The Morgan fingerprint density at radius 2 is 1.91 bits per heavy atom. The first-order chi connectivity index (χ1) is 15.4. The van der Waals surface area contributed by atoms with Gasteiger partial charge in [-0.05, 0) is 61.6 Å². The predicted molar refractivity (Wildman–Crippen MR) is 123 cm³/mol. The first-order valence-electron chi connectivity index (χ1n) is 10.7. The van der Waals surface area contributed by atoms with Gasteiger partial charge in [-0.15, -0.1) is 22.7 Å². The van der Waals surface area contributed by atoms with Crippen LogP contribution in [0, 0.1) is 19.8 Å². The maximum Gasteiger partial charge on any atom is 0.248 e. The Morgan fingerprint density at radius 3 is 2.56 bits per heavy atom. The van der Waals surface area contributed by atoms with E-state index in [-0.39, 0.29) is 22.8 Å². The molecule has 32 heavy (non-hydrogen) atoms. The molecule has 5 rings (SSSR count). The zero-order valence-corrected chi connectivity index (χ0v) is 20.4. The van der Waals surface area contributed by atoms with E-state index in [0.29, 0.717) is 43.9 Å². The zero-order valence-electron chi connectivity index (χ0n) is 18.0. The number of hydrogen-bond donors (Lipinski definition) is 0. The van der Waals surface area contributed by atoms with Crippen LogP contribution in [0.2, 0.25) is 0 Å². The highest BCUT2D eigenvalue weighted by Crippen LogP contribution is 2.41. The lowest BCUT2D eigenvalue weighted by Crippen LogP contribution is -2.47. The Hall–Kier alpha value is -2.01. The van der Waals surface area contributed by atoms with Gasteiger partial charge in [0.25, 0.3) is 0 Å². The molecule has 3 aromatic heterocycles. The minimum absolute atomic E-state index is 0.0402. The van der Waals surface area contributed by atoms with Gasteiger partial charge in [0.1, 0.15) is 10.6 Å². The third-order valence-corrected chi connectivity index (χ3v) is 10.5. The standard InChI is InChI=1S/C22H25N3O4S3/c1-14-21(15(2)29-23-14)32(27,28)24-9-5-16(6-10-24)22(26)25-11-7-18-17(8-13-31-18)20(25)19-4-3-12-30-19/h3-4,8,12-13,16,20H,5-7,9-11H2,1-2H3/t20-/m0/s1. The average molecular weight is 492 g/mol. The highest BCUT2D eigenvalue weighted by molar-refractivity contribution is 7.89. The van der Waals surface area contributed by atoms with Crippen molar-refractivity contribution in [3.8, 4) is 0 Å². The van der Waals surface area contributed by atoms with E-state index in [0.717, 1.165) is 6.42 Å². The van der Waals surface area contributed by atoms with Gasteiger partial charge in [0.15, 0.2) is 5.76 Å². The minimum atomic E-state index is -3.68. The smallest absolute Gasteiger partial charge is 0.248 e. The summed E-state index contributed by atoms with van der Waals surface area (Å²) in [6.45, 7) is 4.60. The molecule has 1 atom stereocenters. The maximum atomic E-state index is 13.6. The van der Waals surface area contributed by atoms with Crippen molar-refractivity contribution in [1.29, 1.82) is 0 Å². The van der Waals surface area contributed by atoms with Gasteiger partial charge < -0.3 is 9.42 Å². The maximum absolute atomic E-state index is 13.6. The molecule has 5 heterocycles. The number of fused-ring (bicyclic) bond motifs is 1. The van der Waals surface area contributed by atoms with E-state index in [9.17, 15) is 13.2 Å². The molecule has 1 saturated heterocycles. The average Bonchev–Trinajstić information content (AvgIpc) is 3.54. The number of carbonyl (C=O) groups is 1. The topological polar surface area (TPSA) is 83.7 Å². The second kappa shape index (κ2) is 8.40. The molecule has 2 aliphatic heterocycles. The highest BCUT2D eigenvalue weighted by Gasteiger charge is 2.40. The number of aromatic nitrogens is 1. The van der Waals surface area contributed by atoms with E-state index >= 15 is 0 Å². The van der Waals surface area contributed by atoms with E-state index in [2.05, 4.69) is 28.0 Å². The van der Waals surface area contributed by atoms with Crippen molar-refractivity contribution in [2.45, 2.75) is 44.0 Å². The molecule has 0 N–H and O–H groups in total. The van der Waals surface area contributed by atoms with Crippen molar-refractivity contribution in [2.24, 2.45) is 5.92 Å². The number of nitrogens with zero attached hydrogens (tertiary/aromatic N) is 3. The van der Waals surface area contributed by atoms with E-state index in [1.54, 1.807) is 36.5 Å². The van der Waals surface area contributed by atoms with Crippen LogP contribution in [0.4, 0.5) is 0 Å². The second-order valence-electron chi connectivity index (χ2n) is 8.33. The molecule has 1 amide bonds. The van der Waals surface area contributed by atoms with Crippen LogP contribution >= 0.6 is 22.7 Å². The first kappa shape index (κ1) is 21.8. The molecular weight excluding hydrogens is 466 g/mol. The third-order valence-electron chi connectivity index (χ3n) is 6.43. The number of hydrogen-bond acceptors (Lipinski definition) is 7. The highest BCUT2D eigenvalue weighted by atomic mass is 32.2. The molecule has 0 aromatic carbocycles. The Morgan fingerprint density at radius 1 is 1.12 bits per heavy atom. The molecule has 10 heteroatoms. The normalized spacial score (nSPS) is 20.4. The van der Waals surface area contributed by atoms with Crippen LogP contribution in [0.25, 0.3) is 0 Å². The SMILES string of the molecule is Cc1noc(C)c1S(=O)(=O)N1CCC(C(=O)N2CCc3sccc3[C@H]2c2cccs2)CC1. The summed E-state index contributed by atoms with van der Waals surface area (Å²) < 4.78 is 32.8. The van der Waals surface area contributed by atoms with E-state index in [1.807, 2.05) is 11.0 Å². The zero-order chi connectivity index (χ0) is 22.5. The van der Waals surface area contributed by atoms with Gasteiger partial charge in [-0.2, -0.15) is 4.31 Å². The van der Waals surface area contributed by atoms with Crippen LogP contribution in [-0.4, -0.2) is 48.3 Å². The van der Waals surface area contributed by atoms with Gasteiger partial charge >= 0.3 is 0 Å². The third kappa shape index (κ3) is 3.63. The lowest BCUT2D eigenvalue weighted by atomic mass is 9.92. The number of rotatable bonds is 4. The largest absolute Gasteiger partial charge is 0.360 e. The van der Waals surface area contributed by atoms with Gasteiger partial charge in [-0.25, -0.2) is 8.42 Å².